The number of carbonyl (C=O) groups excluding carboxylic acids is 3. The molecular weight excluding hydrogens is 286 g/mol. The first kappa shape index (κ1) is 16.0. The summed E-state index contributed by atoms with van der Waals surface area (Å²) < 4.78 is 1.56. The van der Waals surface area contributed by atoms with Crippen LogP contribution in [-0.4, -0.2) is 82.0 Å². The molecule has 120 valence electrons. The zero-order chi connectivity index (χ0) is 16.4. The van der Waals surface area contributed by atoms with E-state index in [4.69, 9.17) is 0 Å². The van der Waals surface area contributed by atoms with Crippen LogP contribution in [0.5, 0.6) is 0 Å². The van der Waals surface area contributed by atoms with Gasteiger partial charge in [0.15, 0.2) is 0 Å². The van der Waals surface area contributed by atoms with E-state index in [1.165, 1.54) is 22.9 Å². The second-order valence-corrected chi connectivity index (χ2v) is 5.61. The highest BCUT2D eigenvalue weighted by Gasteiger charge is 2.36. The molecule has 0 spiro atoms. The van der Waals surface area contributed by atoms with Crippen molar-refractivity contribution in [3.05, 3.63) is 18.0 Å². The first-order chi connectivity index (χ1) is 10.3. The molecule has 8 heteroatoms. The van der Waals surface area contributed by atoms with E-state index < -0.39 is 6.04 Å². The van der Waals surface area contributed by atoms with E-state index in [9.17, 15) is 14.4 Å². The molecule has 0 aromatic carbocycles. The van der Waals surface area contributed by atoms with Gasteiger partial charge in [-0.2, -0.15) is 5.10 Å². The summed E-state index contributed by atoms with van der Waals surface area (Å²) in [4.78, 5) is 41.1. The van der Waals surface area contributed by atoms with Gasteiger partial charge in [-0.1, -0.05) is 0 Å². The molecule has 1 aliphatic rings. The fourth-order valence-electron chi connectivity index (χ4n) is 2.57. The van der Waals surface area contributed by atoms with Crippen LogP contribution in [0, 0.1) is 0 Å². The minimum Gasteiger partial charge on any atom is -0.347 e. The minimum absolute atomic E-state index is 0.159. The number of aromatic nitrogens is 2. The number of carbonyl (C=O) groups is 3. The molecule has 0 saturated carbocycles. The lowest BCUT2D eigenvalue weighted by Gasteiger charge is -2.40. The van der Waals surface area contributed by atoms with Crippen LogP contribution in [0.1, 0.15) is 17.3 Å². The van der Waals surface area contributed by atoms with Crippen molar-refractivity contribution in [3.63, 3.8) is 0 Å². The Balaban J connectivity index is 2.18. The van der Waals surface area contributed by atoms with Crippen molar-refractivity contribution < 1.29 is 14.4 Å². The zero-order valence-electron chi connectivity index (χ0n) is 13.3. The molecule has 2 heterocycles. The molecule has 0 N–H and O–H groups in total. The highest BCUT2D eigenvalue weighted by Crippen LogP contribution is 2.15. The van der Waals surface area contributed by atoms with Gasteiger partial charge in [-0.25, -0.2) is 0 Å². The maximum absolute atomic E-state index is 12.5. The first-order valence-corrected chi connectivity index (χ1v) is 7.07. The van der Waals surface area contributed by atoms with Crippen LogP contribution in [0.25, 0.3) is 0 Å². The van der Waals surface area contributed by atoms with E-state index in [1.807, 2.05) is 0 Å². The normalized spacial score (nSPS) is 18.3. The van der Waals surface area contributed by atoms with E-state index in [0.29, 0.717) is 18.7 Å². The number of likely N-dealkylation sites (N-methyl/N-ethyl adjacent to an activating group) is 1. The predicted molar refractivity (Wildman–Crippen MR) is 79.0 cm³/mol. The molecule has 1 aliphatic heterocycles. The highest BCUT2D eigenvalue weighted by atomic mass is 16.2. The third-order valence-corrected chi connectivity index (χ3v) is 3.75. The van der Waals surface area contributed by atoms with Gasteiger partial charge in [-0.3, -0.25) is 19.1 Å². The number of hydrogen-bond acceptors (Lipinski definition) is 4. The predicted octanol–water partition coefficient (Wildman–Crippen LogP) is -0.819. The summed E-state index contributed by atoms with van der Waals surface area (Å²) in [5.41, 5.74) is 0.481. The van der Waals surface area contributed by atoms with Gasteiger partial charge in [-0.05, 0) is 0 Å². The smallest absolute Gasteiger partial charge is 0.257 e. The standard InChI is InChI=1S/C14H21N5O3/c1-10(20)19-6-5-18(9-12(19)14(22)16(2)3)13(21)11-7-15-17(4)8-11/h7-8,12H,5-6,9H2,1-4H3/t12-/m0/s1. The number of hydrogen-bond donors (Lipinski definition) is 0. The van der Waals surface area contributed by atoms with Crippen molar-refractivity contribution in [2.45, 2.75) is 13.0 Å². The Labute approximate surface area is 129 Å². The molecular formula is C14H21N5O3. The van der Waals surface area contributed by atoms with E-state index in [1.54, 1.807) is 36.9 Å². The first-order valence-electron chi connectivity index (χ1n) is 7.07. The number of nitrogens with zero attached hydrogens (tertiary/aromatic N) is 5. The molecule has 0 radical (unpaired) electrons. The molecule has 1 atom stereocenters. The Hall–Kier alpha value is -2.38. The lowest BCUT2D eigenvalue weighted by molar-refractivity contribution is -0.146. The lowest BCUT2D eigenvalue weighted by atomic mass is 10.1. The van der Waals surface area contributed by atoms with Crippen molar-refractivity contribution in [1.29, 1.82) is 0 Å². The summed E-state index contributed by atoms with van der Waals surface area (Å²) in [6, 6.07) is -0.637. The van der Waals surface area contributed by atoms with Gasteiger partial charge < -0.3 is 14.7 Å². The second kappa shape index (κ2) is 6.17. The van der Waals surface area contributed by atoms with Crippen molar-refractivity contribution in [2.24, 2.45) is 7.05 Å². The highest BCUT2D eigenvalue weighted by molar-refractivity contribution is 5.95. The van der Waals surface area contributed by atoms with Gasteiger partial charge in [0.05, 0.1) is 18.3 Å². The van der Waals surface area contributed by atoms with Gasteiger partial charge >= 0.3 is 0 Å². The van der Waals surface area contributed by atoms with E-state index >= 15 is 0 Å². The van der Waals surface area contributed by atoms with Gasteiger partial charge in [0.1, 0.15) is 6.04 Å². The largest absolute Gasteiger partial charge is 0.347 e. The van der Waals surface area contributed by atoms with Crippen LogP contribution in [0.4, 0.5) is 0 Å². The van der Waals surface area contributed by atoms with Crippen LogP contribution >= 0.6 is 0 Å². The third kappa shape index (κ3) is 3.10. The number of piperazine rings is 1. The SMILES string of the molecule is CC(=O)N1CCN(C(=O)c2cnn(C)c2)C[C@H]1C(=O)N(C)C. The van der Waals surface area contributed by atoms with Crippen LogP contribution in [0.15, 0.2) is 12.4 Å². The summed E-state index contributed by atoms with van der Waals surface area (Å²) in [5.74, 6) is -0.513. The Morgan fingerprint density at radius 1 is 1.27 bits per heavy atom. The number of rotatable bonds is 2. The Kier molecular flexibility index (Phi) is 4.48. The van der Waals surface area contributed by atoms with Crippen molar-refractivity contribution >= 4 is 17.7 Å². The summed E-state index contributed by atoms with van der Waals surface area (Å²) in [6.07, 6.45) is 3.14. The third-order valence-electron chi connectivity index (χ3n) is 3.75. The molecule has 3 amide bonds. The molecule has 1 aromatic rings. The summed E-state index contributed by atoms with van der Waals surface area (Å²) in [5, 5.41) is 3.99. The quantitative estimate of drug-likeness (QED) is 0.715. The zero-order valence-corrected chi connectivity index (χ0v) is 13.3. The van der Waals surface area contributed by atoms with Gasteiger partial charge in [0.2, 0.25) is 11.8 Å². The van der Waals surface area contributed by atoms with E-state index in [2.05, 4.69) is 5.10 Å². The van der Waals surface area contributed by atoms with Crippen molar-refractivity contribution in [2.75, 3.05) is 33.7 Å². The van der Waals surface area contributed by atoms with Crippen LogP contribution in [0.2, 0.25) is 0 Å². The maximum atomic E-state index is 12.5. The molecule has 0 unspecified atom stereocenters. The summed E-state index contributed by atoms with van der Waals surface area (Å²) >= 11 is 0. The van der Waals surface area contributed by atoms with Gasteiger partial charge in [0.25, 0.3) is 5.91 Å². The average molecular weight is 307 g/mol. The Bertz CT molecular complexity index is 595. The molecule has 0 aliphatic carbocycles. The van der Waals surface area contributed by atoms with E-state index in [-0.39, 0.29) is 24.3 Å². The Morgan fingerprint density at radius 2 is 1.95 bits per heavy atom. The minimum atomic E-state index is -0.637. The topological polar surface area (TPSA) is 78.8 Å². The molecule has 1 fully saturated rings. The van der Waals surface area contributed by atoms with Crippen LogP contribution in [0.3, 0.4) is 0 Å². The monoisotopic (exact) mass is 307 g/mol. The number of amides is 3. The molecule has 22 heavy (non-hydrogen) atoms. The van der Waals surface area contributed by atoms with Crippen molar-refractivity contribution in [1.82, 2.24) is 24.5 Å². The molecule has 1 saturated heterocycles. The maximum Gasteiger partial charge on any atom is 0.257 e. The fraction of sp³-hybridized carbons (Fsp3) is 0.571. The number of aryl methyl sites for hydroxylation is 1. The van der Waals surface area contributed by atoms with E-state index in [0.717, 1.165) is 0 Å². The fourth-order valence-corrected chi connectivity index (χ4v) is 2.57. The Morgan fingerprint density at radius 3 is 2.45 bits per heavy atom. The molecule has 8 nitrogen and oxygen atoms in total. The average Bonchev–Trinajstić information content (AvgIpc) is 2.91. The van der Waals surface area contributed by atoms with Crippen LogP contribution < -0.4 is 0 Å². The second-order valence-electron chi connectivity index (χ2n) is 5.61. The van der Waals surface area contributed by atoms with Crippen molar-refractivity contribution in [3.8, 4) is 0 Å². The molecule has 2 rings (SSSR count). The lowest BCUT2D eigenvalue weighted by Crippen LogP contribution is -2.60. The molecule has 1 aromatic heterocycles. The molecule has 0 bridgehead atoms. The van der Waals surface area contributed by atoms with Gasteiger partial charge in [0, 0.05) is 47.4 Å². The summed E-state index contributed by atoms with van der Waals surface area (Å²) in [6.45, 7) is 2.40. The van der Waals surface area contributed by atoms with Gasteiger partial charge in [-0.15, -0.1) is 0 Å². The van der Waals surface area contributed by atoms with Crippen LogP contribution in [-0.2, 0) is 16.6 Å². The summed E-state index contributed by atoms with van der Waals surface area (Å²) in [7, 11) is 5.02.